The quantitative estimate of drug-likeness (QED) is 0.171. The van der Waals surface area contributed by atoms with Crippen molar-refractivity contribution in [3.63, 3.8) is 0 Å². The van der Waals surface area contributed by atoms with E-state index in [1.807, 2.05) is 0 Å². The molecule has 4 nitrogen and oxygen atoms in total. The van der Waals surface area contributed by atoms with Gasteiger partial charge in [-0.3, -0.25) is 4.79 Å². The molecule has 4 aliphatic carbocycles. The second kappa shape index (κ2) is 14.2. The molecular formula is C31H60N2O2S. The largest absolute Gasteiger partial charge is 0.469 e. The molecule has 4 fully saturated rings. The Bertz CT molecular complexity index is 673. The Morgan fingerprint density at radius 3 is 2.36 bits per heavy atom. The lowest BCUT2D eigenvalue weighted by atomic mass is 9.44. The van der Waals surface area contributed by atoms with Gasteiger partial charge in [-0.1, -0.05) is 35.1 Å². The monoisotopic (exact) mass is 524 g/mol. The molecule has 0 aliphatic heterocycles. The van der Waals surface area contributed by atoms with Gasteiger partial charge in [0.05, 0.1) is 7.11 Å². The molecule has 0 radical (unpaired) electrons. The second-order valence-corrected chi connectivity index (χ2v) is 13.0. The Labute approximate surface area is 229 Å². The van der Waals surface area contributed by atoms with Crippen molar-refractivity contribution in [2.45, 2.75) is 124 Å². The van der Waals surface area contributed by atoms with Crippen molar-refractivity contribution in [1.82, 2.24) is 10.6 Å². The summed E-state index contributed by atoms with van der Waals surface area (Å²) in [6, 6.07) is 1.31. The van der Waals surface area contributed by atoms with Gasteiger partial charge in [0.2, 0.25) is 0 Å². The SMILES string of the molecule is C.COC(=O)CCCC1CCC2C3CCC4C[C@H](NCCNC(C)C)CCC4(C)C3CCC12C.CS. The summed E-state index contributed by atoms with van der Waals surface area (Å²) < 4.78 is 4.88. The Balaban J connectivity index is 0.00000148. The highest BCUT2D eigenvalue weighted by Gasteiger charge is 2.59. The summed E-state index contributed by atoms with van der Waals surface area (Å²) in [5.74, 6) is 4.53. The zero-order valence-corrected chi connectivity index (χ0v) is 24.6. The molecule has 4 rings (SSSR count). The molecule has 0 amide bonds. The first-order valence-corrected chi connectivity index (χ1v) is 15.7. The van der Waals surface area contributed by atoms with Crippen LogP contribution < -0.4 is 10.6 Å². The maximum Gasteiger partial charge on any atom is 0.305 e. The van der Waals surface area contributed by atoms with Crippen LogP contribution in [0.5, 0.6) is 0 Å². The molecule has 8 atom stereocenters. The Hall–Kier alpha value is -0.260. The second-order valence-electron chi connectivity index (χ2n) is 13.0. The molecule has 36 heavy (non-hydrogen) atoms. The van der Waals surface area contributed by atoms with Crippen molar-refractivity contribution in [3.05, 3.63) is 0 Å². The Morgan fingerprint density at radius 1 is 0.972 bits per heavy atom. The number of carbonyl (C=O) groups excluding carboxylic acids is 1. The lowest BCUT2D eigenvalue weighted by Crippen LogP contribution is -2.55. The molecule has 2 N–H and O–H groups in total. The van der Waals surface area contributed by atoms with Crippen LogP contribution in [0.4, 0.5) is 0 Å². The van der Waals surface area contributed by atoms with Crippen LogP contribution in [0.3, 0.4) is 0 Å². The molecule has 4 aliphatic rings. The van der Waals surface area contributed by atoms with Crippen LogP contribution >= 0.6 is 12.6 Å². The molecule has 5 heteroatoms. The van der Waals surface area contributed by atoms with E-state index in [0.717, 1.165) is 55.1 Å². The van der Waals surface area contributed by atoms with Gasteiger partial charge in [0, 0.05) is 31.6 Å². The summed E-state index contributed by atoms with van der Waals surface area (Å²) in [4.78, 5) is 11.6. The highest BCUT2D eigenvalue weighted by atomic mass is 32.1. The number of nitrogens with one attached hydrogen (secondary N) is 2. The van der Waals surface area contributed by atoms with E-state index in [-0.39, 0.29) is 13.4 Å². The van der Waals surface area contributed by atoms with E-state index in [0.29, 0.717) is 23.3 Å². The van der Waals surface area contributed by atoms with Crippen LogP contribution in [0.2, 0.25) is 0 Å². The Kier molecular flexibility index (Phi) is 12.6. The van der Waals surface area contributed by atoms with E-state index in [1.54, 1.807) is 6.26 Å². The van der Waals surface area contributed by atoms with Crippen LogP contribution in [0.25, 0.3) is 0 Å². The van der Waals surface area contributed by atoms with Gasteiger partial charge < -0.3 is 15.4 Å². The van der Waals surface area contributed by atoms with Gasteiger partial charge in [0.15, 0.2) is 0 Å². The van der Waals surface area contributed by atoms with Crippen LogP contribution in [0, 0.1) is 40.4 Å². The fourth-order valence-corrected chi connectivity index (χ4v) is 9.26. The summed E-state index contributed by atoms with van der Waals surface area (Å²) in [6.07, 6.45) is 17.4. The first-order chi connectivity index (χ1) is 16.8. The van der Waals surface area contributed by atoms with Crippen LogP contribution in [0.1, 0.15) is 112 Å². The number of ether oxygens (including phenoxy) is 1. The fourth-order valence-electron chi connectivity index (χ4n) is 9.26. The van der Waals surface area contributed by atoms with E-state index in [4.69, 9.17) is 4.74 Å². The molecular weight excluding hydrogens is 464 g/mol. The summed E-state index contributed by atoms with van der Waals surface area (Å²) in [5.41, 5.74) is 1.09. The lowest BCUT2D eigenvalue weighted by Gasteiger charge is -2.61. The van der Waals surface area contributed by atoms with Gasteiger partial charge >= 0.3 is 5.97 Å². The molecule has 4 saturated carbocycles. The van der Waals surface area contributed by atoms with E-state index in [2.05, 4.69) is 51.0 Å². The number of fused-ring (bicyclic) bond motifs is 5. The molecule has 7 unspecified atom stereocenters. The zero-order valence-electron chi connectivity index (χ0n) is 23.7. The first kappa shape index (κ1) is 32.0. The predicted molar refractivity (Wildman–Crippen MR) is 158 cm³/mol. The lowest BCUT2D eigenvalue weighted by molar-refractivity contribution is -0.141. The zero-order chi connectivity index (χ0) is 25.6. The average molecular weight is 525 g/mol. The van der Waals surface area contributed by atoms with Gasteiger partial charge in [-0.05, 0) is 117 Å². The molecule has 0 spiro atoms. The van der Waals surface area contributed by atoms with Crippen LogP contribution in [-0.4, -0.2) is 44.5 Å². The summed E-state index contributed by atoms with van der Waals surface area (Å²) >= 11 is 3.53. The van der Waals surface area contributed by atoms with Gasteiger partial charge in [-0.15, -0.1) is 0 Å². The number of hydrogen-bond donors (Lipinski definition) is 3. The highest BCUT2D eigenvalue weighted by molar-refractivity contribution is 7.79. The molecule has 212 valence electrons. The number of carbonyl (C=O) groups is 1. The van der Waals surface area contributed by atoms with Gasteiger partial charge in [-0.25, -0.2) is 0 Å². The molecule has 0 aromatic heterocycles. The van der Waals surface area contributed by atoms with Crippen LogP contribution in [0.15, 0.2) is 0 Å². The predicted octanol–water partition coefficient (Wildman–Crippen LogP) is 7.13. The third-order valence-corrected chi connectivity index (χ3v) is 11.1. The number of rotatable bonds is 9. The summed E-state index contributed by atoms with van der Waals surface area (Å²) in [6.45, 7) is 12.0. The van der Waals surface area contributed by atoms with Crippen molar-refractivity contribution < 1.29 is 9.53 Å². The number of hydrogen-bond acceptors (Lipinski definition) is 5. The van der Waals surface area contributed by atoms with Crippen molar-refractivity contribution in [2.75, 3.05) is 26.5 Å². The smallest absolute Gasteiger partial charge is 0.305 e. The standard InChI is InChI=1S/C29H52N2O2.CH4S.CH4/c1-20(2)30-17-18-31-23-13-15-29(4)22(19-23)9-11-24-25-12-10-21(7-6-8-27(32)33-5)28(25,3)16-14-26(24)29;1-2;/h20-26,30-31H,6-19H2,1-5H3;2H,1H3;1H4/t21?,22?,23-,24?,25?,26?,28?,29?;;/m1../s1. The number of methoxy groups -OCH3 is 1. The summed E-state index contributed by atoms with van der Waals surface area (Å²) in [7, 11) is 1.51. The fraction of sp³-hybridized carbons (Fsp3) is 0.968. The molecule has 0 bridgehead atoms. The minimum absolute atomic E-state index is 0. The van der Waals surface area contributed by atoms with E-state index in [9.17, 15) is 4.79 Å². The van der Waals surface area contributed by atoms with Crippen molar-refractivity contribution in [3.8, 4) is 0 Å². The topological polar surface area (TPSA) is 50.4 Å². The molecule has 0 aromatic carbocycles. The minimum Gasteiger partial charge on any atom is -0.469 e. The molecule has 0 aromatic rings. The van der Waals surface area contributed by atoms with Crippen molar-refractivity contribution in [2.24, 2.45) is 40.4 Å². The average Bonchev–Trinajstić information content (AvgIpc) is 3.19. The molecule has 0 heterocycles. The van der Waals surface area contributed by atoms with E-state index in [1.165, 1.54) is 71.3 Å². The number of thiol groups is 1. The number of esters is 1. The third-order valence-electron chi connectivity index (χ3n) is 11.1. The minimum atomic E-state index is -0.0362. The third kappa shape index (κ3) is 6.84. The summed E-state index contributed by atoms with van der Waals surface area (Å²) in [5, 5.41) is 7.43. The normalized spacial score (nSPS) is 39.1. The molecule has 0 saturated heterocycles. The highest BCUT2D eigenvalue weighted by Crippen LogP contribution is 2.67. The maximum absolute atomic E-state index is 11.6. The van der Waals surface area contributed by atoms with Gasteiger partial charge in [-0.2, -0.15) is 12.6 Å². The van der Waals surface area contributed by atoms with E-state index >= 15 is 0 Å². The van der Waals surface area contributed by atoms with Crippen LogP contribution in [-0.2, 0) is 9.53 Å². The maximum atomic E-state index is 11.6. The van der Waals surface area contributed by atoms with Gasteiger partial charge in [0.25, 0.3) is 0 Å². The Morgan fingerprint density at radius 2 is 1.67 bits per heavy atom. The van der Waals surface area contributed by atoms with E-state index < -0.39 is 0 Å². The first-order valence-electron chi connectivity index (χ1n) is 14.8. The van der Waals surface area contributed by atoms with Crippen molar-refractivity contribution >= 4 is 18.6 Å². The van der Waals surface area contributed by atoms with Crippen molar-refractivity contribution in [1.29, 1.82) is 0 Å². The van der Waals surface area contributed by atoms with Gasteiger partial charge in [0.1, 0.15) is 0 Å².